The Morgan fingerprint density at radius 3 is 2.47 bits per heavy atom. The van der Waals surface area contributed by atoms with Crippen molar-refractivity contribution in [1.82, 2.24) is 4.98 Å². The summed E-state index contributed by atoms with van der Waals surface area (Å²) in [6, 6.07) is 7.10. The number of benzene rings is 1. The number of ketones is 1. The van der Waals surface area contributed by atoms with Crippen molar-refractivity contribution in [2.75, 3.05) is 7.11 Å². The number of aromatic nitrogens is 1. The Kier molecular flexibility index (Phi) is 3.85. The van der Waals surface area contributed by atoms with Crippen LogP contribution in [0.1, 0.15) is 27.9 Å². The van der Waals surface area contributed by atoms with Crippen LogP contribution in [-0.2, 0) is 0 Å². The van der Waals surface area contributed by atoms with Gasteiger partial charge in [0.1, 0.15) is 5.75 Å². The lowest BCUT2D eigenvalue weighted by molar-refractivity contribution is 0.102. The molecule has 0 saturated heterocycles. The number of carbonyl (C=O) groups is 1. The molecule has 3 nitrogen and oxygen atoms in total. The first kappa shape index (κ1) is 13.1. The quantitative estimate of drug-likeness (QED) is 0.795. The second kappa shape index (κ2) is 5.56. The molecular weight excluding hydrogens is 252 g/mol. The predicted octanol–water partition coefficient (Wildman–Crippen LogP) is 3.26. The fourth-order valence-electron chi connectivity index (χ4n) is 1.79. The first-order valence-corrected chi connectivity index (χ1v) is 5.55. The SMILES string of the molecule is COc1cccc(C(F)F)c1C(=O)c1ccncc1. The van der Waals surface area contributed by atoms with Gasteiger partial charge < -0.3 is 4.74 Å². The van der Waals surface area contributed by atoms with Gasteiger partial charge in [0.25, 0.3) is 6.43 Å². The number of rotatable bonds is 4. The molecule has 0 fully saturated rings. The summed E-state index contributed by atoms with van der Waals surface area (Å²) in [5.74, 6) is -0.366. The molecule has 2 rings (SSSR count). The zero-order valence-electron chi connectivity index (χ0n) is 10.1. The zero-order chi connectivity index (χ0) is 13.8. The lowest BCUT2D eigenvalue weighted by Gasteiger charge is -2.12. The highest BCUT2D eigenvalue weighted by atomic mass is 19.3. The fraction of sp³-hybridized carbons (Fsp3) is 0.143. The van der Waals surface area contributed by atoms with E-state index in [1.54, 1.807) is 0 Å². The van der Waals surface area contributed by atoms with Crippen LogP contribution < -0.4 is 4.74 Å². The molecule has 1 heterocycles. The maximum Gasteiger partial charge on any atom is 0.264 e. The average Bonchev–Trinajstić information content (AvgIpc) is 2.46. The van der Waals surface area contributed by atoms with Crippen LogP contribution in [0.4, 0.5) is 8.78 Å². The van der Waals surface area contributed by atoms with E-state index in [9.17, 15) is 13.6 Å². The van der Waals surface area contributed by atoms with Crippen molar-refractivity contribution in [3.05, 3.63) is 59.4 Å². The van der Waals surface area contributed by atoms with Crippen LogP contribution in [0.3, 0.4) is 0 Å². The van der Waals surface area contributed by atoms with Gasteiger partial charge in [0.05, 0.1) is 12.7 Å². The highest BCUT2D eigenvalue weighted by Crippen LogP contribution is 2.31. The standard InChI is InChI=1S/C14H11F2NO2/c1-19-11-4-2-3-10(14(15)16)12(11)13(18)9-5-7-17-8-6-9/h2-8,14H,1H3. The zero-order valence-corrected chi connectivity index (χ0v) is 10.1. The molecule has 1 aromatic carbocycles. The lowest BCUT2D eigenvalue weighted by atomic mass is 9.98. The van der Waals surface area contributed by atoms with Gasteiger partial charge in [-0.3, -0.25) is 9.78 Å². The van der Waals surface area contributed by atoms with E-state index in [0.717, 1.165) is 0 Å². The van der Waals surface area contributed by atoms with Crippen molar-refractivity contribution in [3.63, 3.8) is 0 Å². The van der Waals surface area contributed by atoms with Crippen molar-refractivity contribution in [1.29, 1.82) is 0 Å². The largest absolute Gasteiger partial charge is 0.496 e. The van der Waals surface area contributed by atoms with Crippen LogP contribution in [0.15, 0.2) is 42.7 Å². The predicted molar refractivity (Wildman–Crippen MR) is 65.6 cm³/mol. The number of pyridine rings is 1. The molecule has 0 aliphatic heterocycles. The molecule has 1 aromatic heterocycles. The molecule has 0 bridgehead atoms. The molecule has 5 heteroatoms. The first-order valence-electron chi connectivity index (χ1n) is 5.55. The molecule has 0 radical (unpaired) electrons. The van der Waals surface area contributed by atoms with Crippen molar-refractivity contribution >= 4 is 5.78 Å². The Morgan fingerprint density at radius 1 is 1.21 bits per heavy atom. The molecule has 0 amide bonds. The Labute approximate surface area is 108 Å². The van der Waals surface area contributed by atoms with Gasteiger partial charge in [-0.05, 0) is 18.2 Å². The van der Waals surface area contributed by atoms with Crippen LogP contribution in [-0.4, -0.2) is 17.9 Å². The Bertz CT molecular complexity index is 585. The molecule has 0 unspecified atom stereocenters. The van der Waals surface area contributed by atoms with Crippen LogP contribution in [0.2, 0.25) is 0 Å². The molecule has 0 saturated carbocycles. The lowest BCUT2D eigenvalue weighted by Crippen LogP contribution is -2.08. The minimum atomic E-state index is -2.74. The Morgan fingerprint density at radius 2 is 1.89 bits per heavy atom. The summed E-state index contributed by atoms with van der Waals surface area (Å²) in [5.41, 5.74) is -0.145. The van der Waals surface area contributed by atoms with Gasteiger partial charge in [0, 0.05) is 23.5 Å². The maximum atomic E-state index is 13.0. The maximum absolute atomic E-state index is 13.0. The van der Waals surface area contributed by atoms with Gasteiger partial charge in [0.2, 0.25) is 0 Å². The molecule has 2 aromatic rings. The third-order valence-corrected chi connectivity index (χ3v) is 2.68. The van der Waals surface area contributed by atoms with E-state index >= 15 is 0 Å². The summed E-state index contributed by atoms with van der Waals surface area (Å²) in [6.07, 6.45) is 0.131. The number of alkyl halides is 2. The van der Waals surface area contributed by atoms with Gasteiger partial charge in [-0.15, -0.1) is 0 Å². The van der Waals surface area contributed by atoms with Gasteiger partial charge in [-0.25, -0.2) is 8.78 Å². The van der Waals surface area contributed by atoms with Crippen LogP contribution in [0.25, 0.3) is 0 Å². The van der Waals surface area contributed by atoms with Crippen molar-refractivity contribution in [2.45, 2.75) is 6.43 Å². The highest BCUT2D eigenvalue weighted by molar-refractivity contribution is 6.11. The van der Waals surface area contributed by atoms with E-state index in [2.05, 4.69) is 4.98 Å². The smallest absolute Gasteiger partial charge is 0.264 e. The van der Waals surface area contributed by atoms with E-state index in [-0.39, 0.29) is 16.9 Å². The van der Waals surface area contributed by atoms with Gasteiger partial charge in [-0.2, -0.15) is 0 Å². The Hall–Kier alpha value is -2.30. The third kappa shape index (κ3) is 2.59. The fourth-order valence-corrected chi connectivity index (χ4v) is 1.79. The molecular formula is C14H11F2NO2. The second-order valence-electron chi connectivity index (χ2n) is 3.79. The summed E-state index contributed by atoms with van der Waals surface area (Å²) < 4.78 is 31.0. The molecule has 19 heavy (non-hydrogen) atoms. The number of halogens is 2. The average molecular weight is 263 g/mol. The molecule has 0 spiro atoms. The van der Waals surface area contributed by atoms with Crippen LogP contribution >= 0.6 is 0 Å². The number of hydrogen-bond donors (Lipinski definition) is 0. The normalized spacial score (nSPS) is 10.5. The minimum absolute atomic E-state index is 0.105. The van der Waals surface area contributed by atoms with Gasteiger partial charge in [0.15, 0.2) is 5.78 Å². The van der Waals surface area contributed by atoms with E-state index in [0.29, 0.717) is 5.56 Å². The van der Waals surface area contributed by atoms with Crippen LogP contribution in [0.5, 0.6) is 5.75 Å². The third-order valence-electron chi connectivity index (χ3n) is 2.68. The van der Waals surface area contributed by atoms with Gasteiger partial charge >= 0.3 is 0 Å². The monoisotopic (exact) mass is 263 g/mol. The van der Waals surface area contributed by atoms with E-state index in [4.69, 9.17) is 4.74 Å². The summed E-state index contributed by atoms with van der Waals surface area (Å²) in [4.78, 5) is 16.1. The number of carbonyl (C=O) groups excluding carboxylic acids is 1. The second-order valence-corrected chi connectivity index (χ2v) is 3.79. The van der Waals surface area contributed by atoms with E-state index < -0.39 is 12.2 Å². The molecule has 0 N–H and O–H groups in total. The van der Waals surface area contributed by atoms with Gasteiger partial charge in [-0.1, -0.05) is 12.1 Å². The number of nitrogens with zero attached hydrogens (tertiary/aromatic N) is 1. The first-order chi connectivity index (χ1) is 9.15. The minimum Gasteiger partial charge on any atom is -0.496 e. The van der Waals surface area contributed by atoms with Crippen molar-refractivity contribution < 1.29 is 18.3 Å². The van der Waals surface area contributed by atoms with Crippen molar-refractivity contribution in [3.8, 4) is 5.75 Å². The van der Waals surface area contributed by atoms with Crippen LogP contribution in [0, 0.1) is 0 Å². The van der Waals surface area contributed by atoms with E-state index in [1.807, 2.05) is 0 Å². The van der Waals surface area contributed by atoms with E-state index in [1.165, 1.54) is 49.8 Å². The number of hydrogen-bond acceptors (Lipinski definition) is 3. The molecule has 98 valence electrons. The van der Waals surface area contributed by atoms with Crippen molar-refractivity contribution in [2.24, 2.45) is 0 Å². The highest BCUT2D eigenvalue weighted by Gasteiger charge is 2.23. The summed E-state index contributed by atoms with van der Waals surface area (Å²) in [5, 5.41) is 0. The summed E-state index contributed by atoms with van der Waals surface area (Å²) in [7, 11) is 1.34. The Balaban J connectivity index is 2.57. The topological polar surface area (TPSA) is 39.2 Å². The summed E-state index contributed by atoms with van der Waals surface area (Å²) >= 11 is 0. The molecule has 0 atom stereocenters. The molecule has 0 aliphatic carbocycles. The summed E-state index contributed by atoms with van der Waals surface area (Å²) in [6.45, 7) is 0. The molecule has 0 aliphatic rings. The number of methoxy groups -OCH3 is 1. The number of ether oxygens (including phenoxy) is 1.